The van der Waals surface area contributed by atoms with E-state index in [2.05, 4.69) is 45.2 Å². The normalized spacial score (nSPS) is 21.2. The van der Waals surface area contributed by atoms with Crippen LogP contribution in [0.4, 0.5) is 25.1 Å². The van der Waals surface area contributed by atoms with Gasteiger partial charge >= 0.3 is 12.1 Å². The van der Waals surface area contributed by atoms with Gasteiger partial charge in [-0.3, -0.25) is 4.90 Å². The van der Waals surface area contributed by atoms with Crippen molar-refractivity contribution in [1.29, 1.82) is 0 Å². The van der Waals surface area contributed by atoms with Gasteiger partial charge in [-0.25, -0.2) is 4.79 Å². The number of nitrogens with one attached hydrogen (secondary N) is 1. The minimum Gasteiger partial charge on any atom is -0.491 e. The molecule has 0 saturated carbocycles. The molecule has 2 fully saturated rings. The Morgan fingerprint density at radius 1 is 1.13 bits per heavy atom. The van der Waals surface area contributed by atoms with Crippen molar-refractivity contribution in [3.63, 3.8) is 0 Å². The molecule has 3 aliphatic heterocycles. The number of halogens is 3. The van der Waals surface area contributed by atoms with Gasteiger partial charge in [0.15, 0.2) is 0 Å². The molecule has 1 aromatic heterocycles. The van der Waals surface area contributed by atoms with E-state index in [0.717, 1.165) is 43.5 Å². The van der Waals surface area contributed by atoms with Gasteiger partial charge in [-0.05, 0) is 76.6 Å². The van der Waals surface area contributed by atoms with Crippen LogP contribution < -0.4 is 15.0 Å². The second-order valence-corrected chi connectivity index (χ2v) is 10.4. The number of anilines is 2. The predicted octanol–water partition coefficient (Wildman–Crippen LogP) is 4.46. The first kappa shape index (κ1) is 28.8. The van der Waals surface area contributed by atoms with E-state index in [9.17, 15) is 13.2 Å². The first-order valence-electron chi connectivity index (χ1n) is 13.6. The van der Waals surface area contributed by atoms with Crippen LogP contribution in [-0.4, -0.2) is 81.5 Å². The topological polar surface area (TPSA) is 104 Å². The summed E-state index contributed by atoms with van der Waals surface area (Å²) in [6, 6.07) is 8.49. The van der Waals surface area contributed by atoms with Crippen molar-refractivity contribution < 1.29 is 27.8 Å². The van der Waals surface area contributed by atoms with Gasteiger partial charge in [0, 0.05) is 18.6 Å². The second kappa shape index (κ2) is 12.4. The summed E-state index contributed by atoms with van der Waals surface area (Å²) in [5, 5.41) is 10.7. The highest BCUT2D eigenvalue weighted by Gasteiger charge is 2.40. The number of aromatic nitrogens is 3. The van der Waals surface area contributed by atoms with E-state index in [1.165, 1.54) is 50.8 Å². The number of nitrogens with zero attached hydrogens (tertiary/aromatic N) is 5. The molecule has 39 heavy (non-hydrogen) atoms. The van der Waals surface area contributed by atoms with Gasteiger partial charge in [0.1, 0.15) is 18.2 Å². The van der Waals surface area contributed by atoms with Crippen molar-refractivity contribution in [2.75, 3.05) is 43.0 Å². The molecule has 1 aromatic carbocycles. The average Bonchev–Trinajstić information content (AvgIpc) is 3.39. The standard InChI is InChI=1S/C25H36N6O.C2HF3O2/c1-3-25(31-14-6-7-15-31)12-16-30(17-13-25)24-27-19(2)26-23(29-24)28-21-11-10-20-8-4-5-9-22(20)32-18-21;3-2(4,5)1(6)7/h4-5,8-9,21H,3,6-7,10-18H2,1-2H3,(H,26,27,28,29);(H,6,7). The third kappa shape index (κ3) is 7.28. The minimum absolute atomic E-state index is 0.182. The minimum atomic E-state index is -5.08. The highest BCUT2D eigenvalue weighted by molar-refractivity contribution is 5.73. The molecule has 2 aromatic rings. The number of fused-ring (bicyclic) bond motifs is 1. The number of aliphatic carboxylic acids is 1. The monoisotopic (exact) mass is 550 g/mol. The second-order valence-electron chi connectivity index (χ2n) is 10.4. The lowest BCUT2D eigenvalue weighted by atomic mass is 9.83. The van der Waals surface area contributed by atoms with Gasteiger partial charge in [0.05, 0.1) is 6.04 Å². The molecule has 1 unspecified atom stereocenters. The molecule has 2 saturated heterocycles. The van der Waals surface area contributed by atoms with Crippen LogP contribution in [0.3, 0.4) is 0 Å². The fourth-order valence-corrected chi connectivity index (χ4v) is 5.63. The van der Waals surface area contributed by atoms with Crippen LogP contribution in [0, 0.1) is 6.92 Å². The molecule has 3 aliphatic rings. The van der Waals surface area contributed by atoms with Crippen molar-refractivity contribution in [1.82, 2.24) is 19.9 Å². The maximum atomic E-state index is 10.6. The molecule has 9 nitrogen and oxygen atoms in total. The number of likely N-dealkylation sites (tertiary alicyclic amines) is 1. The van der Waals surface area contributed by atoms with Crippen LogP contribution in [0.25, 0.3) is 0 Å². The van der Waals surface area contributed by atoms with Crippen LogP contribution in [0.15, 0.2) is 24.3 Å². The summed E-state index contributed by atoms with van der Waals surface area (Å²) in [7, 11) is 0. The third-order valence-corrected chi connectivity index (χ3v) is 7.90. The fourth-order valence-electron chi connectivity index (χ4n) is 5.63. The van der Waals surface area contributed by atoms with Crippen molar-refractivity contribution in [3.8, 4) is 5.75 Å². The number of rotatable bonds is 5. The van der Waals surface area contributed by atoms with Crippen LogP contribution in [0.2, 0.25) is 0 Å². The Balaban J connectivity index is 0.000000448. The van der Waals surface area contributed by atoms with E-state index in [1.54, 1.807) is 0 Å². The number of ether oxygens (including phenoxy) is 1. The lowest BCUT2D eigenvalue weighted by Crippen LogP contribution is -2.54. The summed E-state index contributed by atoms with van der Waals surface area (Å²) in [4.78, 5) is 28.1. The molecule has 0 spiro atoms. The van der Waals surface area contributed by atoms with E-state index in [1.807, 2.05) is 13.0 Å². The molecule has 0 aliphatic carbocycles. The van der Waals surface area contributed by atoms with E-state index >= 15 is 0 Å². The highest BCUT2D eigenvalue weighted by Crippen LogP contribution is 2.35. The molecule has 0 radical (unpaired) electrons. The molecule has 12 heteroatoms. The average molecular weight is 551 g/mol. The van der Waals surface area contributed by atoms with E-state index in [4.69, 9.17) is 24.6 Å². The van der Waals surface area contributed by atoms with Crippen molar-refractivity contribution >= 4 is 17.9 Å². The fraction of sp³-hybridized carbons (Fsp3) is 0.630. The summed E-state index contributed by atoms with van der Waals surface area (Å²) < 4.78 is 37.8. The quantitative estimate of drug-likeness (QED) is 0.558. The number of para-hydroxylation sites is 1. The van der Waals surface area contributed by atoms with E-state index in [-0.39, 0.29) is 6.04 Å². The zero-order chi connectivity index (χ0) is 28.0. The Bertz CT molecular complexity index is 1090. The predicted molar refractivity (Wildman–Crippen MR) is 141 cm³/mol. The number of carboxylic acid groups (broad SMARTS) is 1. The maximum Gasteiger partial charge on any atom is 0.490 e. The van der Waals surface area contributed by atoms with Gasteiger partial charge in [-0.2, -0.15) is 28.1 Å². The Labute approximate surface area is 226 Å². The van der Waals surface area contributed by atoms with Crippen LogP contribution >= 0.6 is 0 Å². The zero-order valence-corrected chi connectivity index (χ0v) is 22.5. The molecule has 4 heterocycles. The molecule has 2 N–H and O–H groups in total. The van der Waals surface area contributed by atoms with Gasteiger partial charge in [-0.15, -0.1) is 0 Å². The van der Waals surface area contributed by atoms with Crippen molar-refractivity contribution in [3.05, 3.63) is 35.7 Å². The Hall–Kier alpha value is -3.15. The number of alkyl halides is 3. The summed E-state index contributed by atoms with van der Waals surface area (Å²) in [6.45, 7) is 9.48. The number of hydrogen-bond acceptors (Lipinski definition) is 8. The smallest absolute Gasteiger partial charge is 0.490 e. The van der Waals surface area contributed by atoms with Crippen LogP contribution in [0.1, 0.15) is 56.8 Å². The third-order valence-electron chi connectivity index (χ3n) is 7.90. The van der Waals surface area contributed by atoms with E-state index < -0.39 is 12.1 Å². The number of benzene rings is 1. The maximum absolute atomic E-state index is 10.6. The number of carbonyl (C=O) groups is 1. The first-order valence-corrected chi connectivity index (χ1v) is 13.6. The lowest BCUT2D eigenvalue weighted by molar-refractivity contribution is -0.192. The molecule has 214 valence electrons. The van der Waals surface area contributed by atoms with Gasteiger partial charge in [0.2, 0.25) is 11.9 Å². The molecule has 0 bridgehead atoms. The Morgan fingerprint density at radius 2 is 1.79 bits per heavy atom. The number of carboxylic acids is 1. The Morgan fingerprint density at radius 3 is 2.44 bits per heavy atom. The molecular weight excluding hydrogens is 513 g/mol. The molecule has 5 rings (SSSR count). The molecule has 0 amide bonds. The van der Waals surface area contributed by atoms with Crippen LogP contribution in [-0.2, 0) is 11.2 Å². The zero-order valence-electron chi connectivity index (χ0n) is 22.5. The van der Waals surface area contributed by atoms with Crippen molar-refractivity contribution in [2.24, 2.45) is 0 Å². The van der Waals surface area contributed by atoms with Gasteiger partial charge in [-0.1, -0.05) is 25.1 Å². The van der Waals surface area contributed by atoms with E-state index in [0.29, 0.717) is 18.1 Å². The number of piperidine rings is 1. The summed E-state index contributed by atoms with van der Waals surface area (Å²) >= 11 is 0. The number of aryl methyl sites for hydroxylation is 2. The lowest BCUT2D eigenvalue weighted by Gasteiger charge is -2.47. The highest BCUT2D eigenvalue weighted by atomic mass is 19.4. The first-order chi connectivity index (χ1) is 18.6. The van der Waals surface area contributed by atoms with Crippen LogP contribution in [0.5, 0.6) is 5.75 Å². The summed E-state index contributed by atoms with van der Waals surface area (Å²) in [5.41, 5.74) is 1.64. The Kier molecular flexibility index (Phi) is 9.14. The summed E-state index contributed by atoms with van der Waals surface area (Å²) in [5.74, 6) is 0.479. The largest absolute Gasteiger partial charge is 0.491 e. The van der Waals surface area contributed by atoms with Crippen molar-refractivity contribution in [2.45, 2.75) is 76.6 Å². The number of hydrogen-bond donors (Lipinski definition) is 2. The molecular formula is C27H37F3N6O3. The molecule has 1 atom stereocenters. The SMILES string of the molecule is CCC1(N2CCCC2)CCN(c2nc(C)nc(NC3CCc4ccccc4OC3)n2)CC1.O=C(O)C(F)(F)F. The van der Waals surface area contributed by atoms with Gasteiger partial charge in [0.25, 0.3) is 0 Å². The summed E-state index contributed by atoms with van der Waals surface area (Å²) in [6.07, 6.45) is 3.21. The van der Waals surface area contributed by atoms with Gasteiger partial charge < -0.3 is 20.1 Å².